The van der Waals surface area contributed by atoms with Crippen LogP contribution in [0.1, 0.15) is 47.0 Å². The fourth-order valence-electron chi connectivity index (χ4n) is 2.94. The summed E-state index contributed by atoms with van der Waals surface area (Å²) in [4.78, 5) is 12.1. The summed E-state index contributed by atoms with van der Waals surface area (Å²) in [5.74, 6) is 1.62. The highest BCUT2D eigenvalue weighted by molar-refractivity contribution is 5.97. The molecule has 1 heteroatoms. The lowest BCUT2D eigenvalue weighted by atomic mass is 9.69. The fourth-order valence-corrected chi connectivity index (χ4v) is 2.94. The van der Waals surface area contributed by atoms with Gasteiger partial charge in [-0.1, -0.05) is 37.6 Å². The second-order valence-electron chi connectivity index (χ2n) is 5.96. The van der Waals surface area contributed by atoms with Gasteiger partial charge in [-0.15, -0.1) is 6.58 Å². The standard InChI is InChI=1S/C17H26O/c1-7-8-14-15(12(4)5)10-17(18)13(6)16(14)9-11(2)3/h7,11,14-15H,1,4,8-10H2,2-3,5-6H3/t14-,15-/m0/s1. The maximum absolute atomic E-state index is 12.1. The SMILES string of the molecule is C=CC[C@@H]1C(CC(C)C)=C(C)C(=O)C[C@H]1C(=C)C. The summed E-state index contributed by atoms with van der Waals surface area (Å²) in [6.07, 6.45) is 4.56. The van der Waals surface area contributed by atoms with Crippen molar-refractivity contribution in [1.82, 2.24) is 0 Å². The first-order valence-electron chi connectivity index (χ1n) is 6.87. The van der Waals surface area contributed by atoms with Crippen LogP contribution in [0.3, 0.4) is 0 Å². The molecule has 0 fully saturated rings. The van der Waals surface area contributed by atoms with Crippen LogP contribution in [0.25, 0.3) is 0 Å². The average Bonchev–Trinajstić information content (AvgIpc) is 2.27. The zero-order valence-corrected chi connectivity index (χ0v) is 12.3. The lowest BCUT2D eigenvalue weighted by Crippen LogP contribution is -2.28. The molecule has 0 aromatic carbocycles. The second kappa shape index (κ2) is 6.17. The van der Waals surface area contributed by atoms with E-state index >= 15 is 0 Å². The molecule has 0 heterocycles. The maximum atomic E-state index is 12.1. The van der Waals surface area contributed by atoms with Crippen LogP contribution in [0.2, 0.25) is 0 Å². The molecule has 0 radical (unpaired) electrons. The molecular formula is C17H26O. The van der Waals surface area contributed by atoms with Crippen molar-refractivity contribution in [2.75, 3.05) is 0 Å². The number of hydrogen-bond donors (Lipinski definition) is 0. The van der Waals surface area contributed by atoms with Gasteiger partial charge in [0.25, 0.3) is 0 Å². The minimum atomic E-state index is 0.299. The van der Waals surface area contributed by atoms with Crippen molar-refractivity contribution in [2.24, 2.45) is 17.8 Å². The molecule has 0 aromatic heterocycles. The highest BCUT2D eigenvalue weighted by Crippen LogP contribution is 2.41. The van der Waals surface area contributed by atoms with Crippen LogP contribution in [-0.4, -0.2) is 5.78 Å². The molecule has 0 unspecified atom stereocenters. The number of allylic oxidation sites excluding steroid dienone is 4. The summed E-state index contributed by atoms with van der Waals surface area (Å²) in [5, 5.41) is 0. The van der Waals surface area contributed by atoms with Gasteiger partial charge in [-0.3, -0.25) is 4.79 Å². The quantitative estimate of drug-likeness (QED) is 0.642. The molecule has 1 nitrogen and oxygen atoms in total. The van der Waals surface area contributed by atoms with Gasteiger partial charge in [0.1, 0.15) is 0 Å². The molecule has 1 aliphatic rings. The average molecular weight is 246 g/mol. The Bertz CT molecular complexity index is 384. The van der Waals surface area contributed by atoms with E-state index in [4.69, 9.17) is 0 Å². The third-order valence-corrected chi connectivity index (χ3v) is 3.92. The second-order valence-corrected chi connectivity index (χ2v) is 5.96. The van der Waals surface area contributed by atoms with E-state index in [9.17, 15) is 4.79 Å². The molecule has 2 atom stereocenters. The summed E-state index contributed by atoms with van der Waals surface area (Å²) in [5.41, 5.74) is 3.46. The predicted octanol–water partition coefficient (Wildman–Crippen LogP) is 4.71. The minimum Gasteiger partial charge on any atom is -0.295 e. The van der Waals surface area contributed by atoms with Gasteiger partial charge in [0.05, 0.1) is 0 Å². The third-order valence-electron chi connectivity index (χ3n) is 3.92. The smallest absolute Gasteiger partial charge is 0.159 e. The van der Waals surface area contributed by atoms with Crippen LogP contribution in [-0.2, 0) is 4.79 Å². The number of rotatable bonds is 5. The van der Waals surface area contributed by atoms with Gasteiger partial charge in [0, 0.05) is 6.42 Å². The van der Waals surface area contributed by atoms with Crippen molar-refractivity contribution < 1.29 is 4.79 Å². The van der Waals surface area contributed by atoms with E-state index in [2.05, 4.69) is 27.0 Å². The summed E-state index contributed by atoms with van der Waals surface area (Å²) < 4.78 is 0. The summed E-state index contributed by atoms with van der Waals surface area (Å²) in [6, 6.07) is 0. The van der Waals surface area contributed by atoms with Crippen molar-refractivity contribution in [3.05, 3.63) is 36.0 Å². The van der Waals surface area contributed by atoms with Crippen LogP contribution in [0.15, 0.2) is 36.0 Å². The number of ketones is 1. The fraction of sp³-hybridized carbons (Fsp3) is 0.588. The zero-order chi connectivity index (χ0) is 13.9. The number of carbonyl (C=O) groups excluding carboxylic acids is 1. The minimum absolute atomic E-state index is 0.299. The van der Waals surface area contributed by atoms with E-state index in [0.29, 0.717) is 30.0 Å². The van der Waals surface area contributed by atoms with Crippen LogP contribution < -0.4 is 0 Å². The Morgan fingerprint density at radius 3 is 2.56 bits per heavy atom. The van der Waals surface area contributed by atoms with Crippen molar-refractivity contribution in [1.29, 1.82) is 0 Å². The third kappa shape index (κ3) is 3.22. The van der Waals surface area contributed by atoms with E-state index in [1.807, 2.05) is 19.9 Å². The van der Waals surface area contributed by atoms with Crippen molar-refractivity contribution in [2.45, 2.75) is 47.0 Å². The predicted molar refractivity (Wildman–Crippen MR) is 78.4 cm³/mol. The molecule has 0 saturated carbocycles. The van der Waals surface area contributed by atoms with Gasteiger partial charge in [-0.05, 0) is 50.0 Å². The number of hydrogen-bond acceptors (Lipinski definition) is 1. The molecule has 0 saturated heterocycles. The number of carbonyl (C=O) groups is 1. The Kier molecular flexibility index (Phi) is 5.13. The normalized spacial score (nSPS) is 24.6. The topological polar surface area (TPSA) is 17.1 Å². The van der Waals surface area contributed by atoms with Gasteiger partial charge in [0.2, 0.25) is 0 Å². The molecule has 0 N–H and O–H groups in total. The Morgan fingerprint density at radius 2 is 2.11 bits per heavy atom. The Labute approximate surface area is 112 Å². The van der Waals surface area contributed by atoms with Crippen molar-refractivity contribution >= 4 is 5.78 Å². The molecule has 0 bridgehead atoms. The molecule has 100 valence electrons. The van der Waals surface area contributed by atoms with E-state index in [1.165, 1.54) is 5.57 Å². The molecule has 1 aliphatic carbocycles. The van der Waals surface area contributed by atoms with Gasteiger partial charge in [0.15, 0.2) is 5.78 Å². The molecule has 0 aliphatic heterocycles. The number of Topliss-reactive ketones (excluding diaryl/α,β-unsaturated/α-hetero) is 1. The van der Waals surface area contributed by atoms with Crippen LogP contribution in [0, 0.1) is 17.8 Å². The van der Waals surface area contributed by atoms with Gasteiger partial charge in [-0.2, -0.15) is 0 Å². The first kappa shape index (κ1) is 14.9. The lowest BCUT2D eigenvalue weighted by Gasteiger charge is -2.35. The highest BCUT2D eigenvalue weighted by Gasteiger charge is 2.33. The van der Waals surface area contributed by atoms with Gasteiger partial charge < -0.3 is 0 Å². The molecule has 1 rings (SSSR count). The molecule has 0 spiro atoms. The summed E-state index contributed by atoms with van der Waals surface area (Å²) in [7, 11) is 0. The molecule has 18 heavy (non-hydrogen) atoms. The Balaban J connectivity index is 3.16. The van der Waals surface area contributed by atoms with E-state index in [-0.39, 0.29) is 0 Å². The monoisotopic (exact) mass is 246 g/mol. The van der Waals surface area contributed by atoms with E-state index in [1.54, 1.807) is 0 Å². The first-order valence-corrected chi connectivity index (χ1v) is 6.87. The summed E-state index contributed by atoms with van der Waals surface area (Å²) >= 11 is 0. The van der Waals surface area contributed by atoms with Gasteiger partial charge >= 0.3 is 0 Å². The van der Waals surface area contributed by atoms with E-state index in [0.717, 1.165) is 24.0 Å². The van der Waals surface area contributed by atoms with Crippen molar-refractivity contribution in [3.8, 4) is 0 Å². The Morgan fingerprint density at radius 1 is 1.50 bits per heavy atom. The van der Waals surface area contributed by atoms with Crippen LogP contribution in [0.4, 0.5) is 0 Å². The van der Waals surface area contributed by atoms with Crippen molar-refractivity contribution in [3.63, 3.8) is 0 Å². The largest absolute Gasteiger partial charge is 0.295 e. The summed E-state index contributed by atoms with van der Waals surface area (Å²) in [6.45, 7) is 16.4. The lowest BCUT2D eigenvalue weighted by molar-refractivity contribution is -0.117. The van der Waals surface area contributed by atoms with E-state index < -0.39 is 0 Å². The molecular weight excluding hydrogens is 220 g/mol. The zero-order valence-electron chi connectivity index (χ0n) is 12.3. The van der Waals surface area contributed by atoms with Gasteiger partial charge in [-0.25, -0.2) is 0 Å². The van der Waals surface area contributed by atoms with Crippen LogP contribution in [0.5, 0.6) is 0 Å². The Hall–Kier alpha value is -1.11. The molecule has 0 aromatic rings. The highest BCUT2D eigenvalue weighted by atomic mass is 16.1. The van der Waals surface area contributed by atoms with Crippen LogP contribution >= 0.6 is 0 Å². The molecule has 0 amide bonds. The first-order chi connectivity index (χ1) is 8.38. The maximum Gasteiger partial charge on any atom is 0.159 e.